The number of ether oxygens (including phenoxy) is 1. The van der Waals surface area contributed by atoms with Crippen molar-refractivity contribution in [2.75, 3.05) is 5.32 Å². The van der Waals surface area contributed by atoms with Crippen LogP contribution in [0.3, 0.4) is 0 Å². The van der Waals surface area contributed by atoms with Gasteiger partial charge in [0.25, 0.3) is 6.43 Å². The van der Waals surface area contributed by atoms with Crippen LogP contribution in [0.15, 0.2) is 24.3 Å². The number of rotatable bonds is 3. The lowest BCUT2D eigenvalue weighted by Crippen LogP contribution is -2.40. The number of nitrogens with two attached hydrogens (primary N) is 1. The van der Waals surface area contributed by atoms with E-state index in [1.807, 2.05) is 0 Å². The lowest BCUT2D eigenvalue weighted by molar-refractivity contribution is 0.0625. The van der Waals surface area contributed by atoms with Crippen LogP contribution in [0.2, 0.25) is 0 Å². The summed E-state index contributed by atoms with van der Waals surface area (Å²) in [6.07, 6.45) is -3.36. The van der Waals surface area contributed by atoms with Crippen molar-refractivity contribution in [1.29, 1.82) is 0 Å². The molecule has 20 heavy (non-hydrogen) atoms. The van der Waals surface area contributed by atoms with Crippen molar-refractivity contribution < 1.29 is 18.3 Å². The van der Waals surface area contributed by atoms with E-state index in [-0.39, 0.29) is 5.56 Å². The van der Waals surface area contributed by atoms with Crippen LogP contribution >= 0.6 is 0 Å². The highest BCUT2D eigenvalue weighted by Gasteiger charge is 2.32. The third-order valence-electron chi connectivity index (χ3n) is 2.58. The van der Waals surface area contributed by atoms with E-state index >= 15 is 0 Å². The summed E-state index contributed by atoms with van der Waals surface area (Å²) in [5.41, 5.74) is 3.78. The Kier molecular flexibility index (Phi) is 4.70. The topological polar surface area (TPSA) is 64.3 Å². The van der Waals surface area contributed by atoms with E-state index in [4.69, 9.17) is 10.5 Å². The Morgan fingerprint density at radius 1 is 1.30 bits per heavy atom. The van der Waals surface area contributed by atoms with Gasteiger partial charge in [-0.25, -0.2) is 13.6 Å². The molecular weight excluding hydrogens is 266 g/mol. The van der Waals surface area contributed by atoms with E-state index in [0.717, 1.165) is 0 Å². The van der Waals surface area contributed by atoms with Crippen LogP contribution in [0.4, 0.5) is 19.3 Å². The highest BCUT2D eigenvalue weighted by Crippen LogP contribution is 2.27. The first-order valence-corrected chi connectivity index (χ1v) is 6.20. The summed E-state index contributed by atoms with van der Waals surface area (Å²) in [7, 11) is 0. The molecule has 3 N–H and O–H groups in total. The fourth-order valence-corrected chi connectivity index (χ4v) is 1.48. The molecule has 0 heterocycles. The second-order valence-corrected chi connectivity index (χ2v) is 5.79. The van der Waals surface area contributed by atoms with Gasteiger partial charge in [-0.1, -0.05) is 12.1 Å². The number of amides is 1. The monoisotopic (exact) mass is 286 g/mol. The van der Waals surface area contributed by atoms with Crippen LogP contribution < -0.4 is 11.1 Å². The van der Waals surface area contributed by atoms with Gasteiger partial charge in [0, 0.05) is 5.69 Å². The second-order valence-electron chi connectivity index (χ2n) is 5.79. The van der Waals surface area contributed by atoms with Crippen molar-refractivity contribution in [2.45, 2.75) is 45.3 Å². The summed E-state index contributed by atoms with van der Waals surface area (Å²) in [5, 5.41) is 2.49. The summed E-state index contributed by atoms with van der Waals surface area (Å²) in [6.45, 7) is 6.44. The molecule has 1 aromatic rings. The molecule has 0 radical (unpaired) electrons. The van der Waals surface area contributed by atoms with Crippen molar-refractivity contribution in [2.24, 2.45) is 5.73 Å². The zero-order chi connectivity index (χ0) is 15.6. The van der Waals surface area contributed by atoms with Gasteiger partial charge in [-0.05, 0) is 45.4 Å². The largest absolute Gasteiger partial charge is 0.444 e. The molecule has 0 fully saturated rings. The molecule has 0 bridgehead atoms. The Morgan fingerprint density at radius 3 is 2.40 bits per heavy atom. The highest BCUT2D eigenvalue weighted by molar-refractivity contribution is 5.85. The minimum absolute atomic E-state index is 0.237. The standard InChI is InChI=1S/C14H20F2N2O2/c1-13(2,3)20-12(19)18-10-7-5-6-9(8-10)14(4,17)11(15)16/h5-8,11H,17H2,1-4H3,(H,18,19). The Hall–Kier alpha value is -1.69. The normalized spacial score (nSPS) is 14.8. The van der Waals surface area contributed by atoms with Crippen molar-refractivity contribution in [1.82, 2.24) is 0 Å². The lowest BCUT2D eigenvalue weighted by Gasteiger charge is -2.25. The van der Waals surface area contributed by atoms with Gasteiger partial charge in [-0.15, -0.1) is 0 Å². The number of carbonyl (C=O) groups excluding carboxylic acids is 1. The van der Waals surface area contributed by atoms with Crippen molar-refractivity contribution >= 4 is 11.8 Å². The summed E-state index contributed by atoms with van der Waals surface area (Å²) in [4.78, 5) is 11.6. The maximum atomic E-state index is 12.9. The molecule has 0 saturated heterocycles. The Labute approximate surface area is 117 Å². The van der Waals surface area contributed by atoms with Crippen LogP contribution in [0.5, 0.6) is 0 Å². The molecule has 1 aromatic carbocycles. The number of hydrogen-bond donors (Lipinski definition) is 2. The molecule has 6 heteroatoms. The average molecular weight is 286 g/mol. The molecule has 1 rings (SSSR count). The number of hydrogen-bond acceptors (Lipinski definition) is 3. The van der Waals surface area contributed by atoms with E-state index in [9.17, 15) is 13.6 Å². The first-order valence-electron chi connectivity index (χ1n) is 6.20. The first kappa shape index (κ1) is 16.4. The molecule has 0 aliphatic heterocycles. The van der Waals surface area contributed by atoms with Gasteiger partial charge >= 0.3 is 6.09 Å². The van der Waals surface area contributed by atoms with E-state index in [1.54, 1.807) is 32.9 Å². The number of anilines is 1. The van der Waals surface area contributed by atoms with Gasteiger partial charge in [0.05, 0.1) is 5.54 Å². The third-order valence-corrected chi connectivity index (χ3v) is 2.58. The van der Waals surface area contributed by atoms with Gasteiger partial charge in [0.2, 0.25) is 0 Å². The van der Waals surface area contributed by atoms with E-state index in [0.29, 0.717) is 5.69 Å². The van der Waals surface area contributed by atoms with Crippen molar-refractivity contribution in [3.63, 3.8) is 0 Å². The van der Waals surface area contributed by atoms with Crippen LogP contribution in [0, 0.1) is 0 Å². The molecule has 0 saturated carbocycles. The summed E-state index contributed by atoms with van der Waals surface area (Å²) in [6, 6.07) is 6.03. The van der Waals surface area contributed by atoms with Crippen LogP contribution in [0.25, 0.3) is 0 Å². The molecule has 1 unspecified atom stereocenters. The zero-order valence-electron chi connectivity index (χ0n) is 12.0. The third kappa shape index (κ3) is 4.45. The molecule has 0 aliphatic carbocycles. The average Bonchev–Trinajstić information content (AvgIpc) is 2.26. The molecule has 0 aliphatic rings. The van der Waals surface area contributed by atoms with Gasteiger partial charge in [-0.2, -0.15) is 0 Å². The van der Waals surface area contributed by atoms with Crippen LogP contribution in [-0.4, -0.2) is 18.1 Å². The molecule has 4 nitrogen and oxygen atoms in total. The predicted octanol–water partition coefficient (Wildman–Crippen LogP) is 3.47. The molecular formula is C14H20F2N2O2. The maximum Gasteiger partial charge on any atom is 0.412 e. The summed E-state index contributed by atoms with van der Waals surface area (Å²) in [5.74, 6) is 0. The van der Waals surface area contributed by atoms with Gasteiger partial charge < -0.3 is 10.5 Å². The summed E-state index contributed by atoms with van der Waals surface area (Å²) >= 11 is 0. The molecule has 0 aromatic heterocycles. The fraction of sp³-hybridized carbons (Fsp3) is 0.500. The van der Waals surface area contributed by atoms with E-state index < -0.39 is 23.7 Å². The smallest absolute Gasteiger partial charge is 0.412 e. The highest BCUT2D eigenvalue weighted by atomic mass is 19.3. The van der Waals surface area contributed by atoms with Crippen molar-refractivity contribution in [3.8, 4) is 0 Å². The van der Waals surface area contributed by atoms with Gasteiger partial charge in [0.15, 0.2) is 0 Å². The fourth-order valence-electron chi connectivity index (χ4n) is 1.48. The Bertz CT molecular complexity index is 482. The zero-order valence-corrected chi connectivity index (χ0v) is 12.0. The summed E-state index contributed by atoms with van der Waals surface area (Å²) < 4.78 is 30.8. The predicted molar refractivity (Wildman–Crippen MR) is 73.8 cm³/mol. The van der Waals surface area contributed by atoms with E-state index in [2.05, 4.69) is 5.32 Å². The van der Waals surface area contributed by atoms with Crippen LogP contribution in [0.1, 0.15) is 33.3 Å². The lowest BCUT2D eigenvalue weighted by atomic mass is 9.93. The van der Waals surface area contributed by atoms with E-state index in [1.165, 1.54) is 19.1 Å². The molecule has 1 amide bonds. The van der Waals surface area contributed by atoms with Gasteiger partial charge in [-0.3, -0.25) is 5.32 Å². The Balaban J connectivity index is 2.87. The minimum Gasteiger partial charge on any atom is -0.444 e. The number of halogens is 2. The first-order chi connectivity index (χ1) is 9.02. The number of nitrogens with one attached hydrogen (secondary N) is 1. The molecule has 112 valence electrons. The molecule has 1 atom stereocenters. The molecule has 0 spiro atoms. The maximum absolute atomic E-state index is 12.9. The van der Waals surface area contributed by atoms with Crippen molar-refractivity contribution in [3.05, 3.63) is 29.8 Å². The number of carbonyl (C=O) groups is 1. The second kappa shape index (κ2) is 5.75. The quantitative estimate of drug-likeness (QED) is 0.894. The number of benzene rings is 1. The number of alkyl halides is 2. The SMILES string of the molecule is CC(C)(C)OC(=O)Nc1cccc(C(C)(N)C(F)F)c1. The Morgan fingerprint density at radius 2 is 1.90 bits per heavy atom. The minimum atomic E-state index is -2.71. The van der Waals surface area contributed by atoms with Gasteiger partial charge in [0.1, 0.15) is 5.60 Å². The van der Waals surface area contributed by atoms with Crippen LogP contribution in [-0.2, 0) is 10.3 Å².